The Morgan fingerprint density at radius 1 is 1.35 bits per heavy atom. The van der Waals surface area contributed by atoms with Crippen molar-refractivity contribution in [2.75, 3.05) is 18.9 Å². The predicted octanol–water partition coefficient (Wildman–Crippen LogP) is 2.52. The zero-order valence-electron chi connectivity index (χ0n) is 11.3. The highest BCUT2D eigenvalue weighted by atomic mass is 35.5. The number of rotatable bonds is 8. The van der Waals surface area contributed by atoms with Gasteiger partial charge in [-0.2, -0.15) is 0 Å². The van der Waals surface area contributed by atoms with Crippen LogP contribution >= 0.6 is 23.2 Å². The van der Waals surface area contributed by atoms with Crippen molar-refractivity contribution in [3.8, 4) is 0 Å². The molecule has 1 aromatic rings. The van der Waals surface area contributed by atoms with Gasteiger partial charge in [0.1, 0.15) is 0 Å². The molecule has 0 aromatic heterocycles. The molecule has 1 aromatic carbocycles. The quantitative estimate of drug-likeness (QED) is 0.763. The number of sulfone groups is 1. The van der Waals surface area contributed by atoms with E-state index in [0.717, 1.165) is 6.42 Å². The number of hydrogen-bond donors (Lipinski definition) is 2. The fourth-order valence-electron chi connectivity index (χ4n) is 1.82. The highest BCUT2D eigenvalue weighted by Crippen LogP contribution is 2.26. The number of aliphatic hydroxyl groups excluding tert-OH is 1. The number of halogens is 2. The van der Waals surface area contributed by atoms with Crippen LogP contribution in [0.4, 0.5) is 0 Å². The van der Waals surface area contributed by atoms with Crippen LogP contribution in [0.15, 0.2) is 23.1 Å². The Kier molecular flexibility index (Phi) is 7.26. The van der Waals surface area contributed by atoms with Crippen LogP contribution in [-0.4, -0.2) is 38.5 Å². The van der Waals surface area contributed by atoms with E-state index in [9.17, 15) is 8.42 Å². The van der Waals surface area contributed by atoms with E-state index in [-0.39, 0.29) is 28.3 Å². The Balaban J connectivity index is 2.93. The second-order valence-electron chi connectivity index (χ2n) is 4.52. The topological polar surface area (TPSA) is 66.4 Å². The van der Waals surface area contributed by atoms with Crippen LogP contribution in [0.5, 0.6) is 0 Å². The second kappa shape index (κ2) is 8.20. The lowest BCUT2D eigenvalue weighted by atomic mass is 10.2. The minimum atomic E-state index is -3.56. The highest BCUT2D eigenvalue weighted by Gasteiger charge is 2.23. The maximum Gasteiger partial charge on any atom is 0.181 e. The first kappa shape index (κ1) is 17.7. The molecular formula is C13H19Cl2NO3S. The summed E-state index contributed by atoms with van der Waals surface area (Å²) in [6.45, 7) is 2.62. The van der Waals surface area contributed by atoms with E-state index in [1.54, 1.807) is 6.07 Å². The molecule has 1 atom stereocenters. The van der Waals surface area contributed by atoms with Gasteiger partial charge < -0.3 is 10.4 Å². The van der Waals surface area contributed by atoms with Crippen molar-refractivity contribution >= 4 is 33.0 Å². The summed E-state index contributed by atoms with van der Waals surface area (Å²) in [4.78, 5) is 0.0351. The summed E-state index contributed by atoms with van der Waals surface area (Å²) in [5, 5.41) is 12.6. The summed E-state index contributed by atoms with van der Waals surface area (Å²) in [5.41, 5.74) is 0. The number of benzene rings is 1. The molecule has 2 N–H and O–H groups in total. The highest BCUT2D eigenvalue weighted by molar-refractivity contribution is 7.91. The third-order valence-electron chi connectivity index (χ3n) is 2.81. The lowest BCUT2D eigenvalue weighted by Crippen LogP contribution is -2.37. The summed E-state index contributed by atoms with van der Waals surface area (Å²) in [7, 11) is -3.56. The minimum Gasteiger partial charge on any atom is -0.396 e. The lowest BCUT2D eigenvalue weighted by Gasteiger charge is -2.18. The summed E-state index contributed by atoms with van der Waals surface area (Å²) < 4.78 is 24.8. The number of nitrogens with one attached hydrogen (secondary N) is 1. The molecule has 0 aliphatic carbocycles. The van der Waals surface area contributed by atoms with E-state index in [1.165, 1.54) is 12.1 Å². The maximum absolute atomic E-state index is 12.4. The van der Waals surface area contributed by atoms with Gasteiger partial charge in [-0.15, -0.1) is 0 Å². The molecule has 0 aliphatic heterocycles. The van der Waals surface area contributed by atoms with Gasteiger partial charge in [0.05, 0.1) is 15.7 Å². The molecule has 7 heteroatoms. The van der Waals surface area contributed by atoms with Crippen molar-refractivity contribution in [3.63, 3.8) is 0 Å². The number of hydrogen-bond acceptors (Lipinski definition) is 4. The SMILES string of the molecule is CCCNC(CCO)CS(=O)(=O)c1cc(Cl)ccc1Cl. The minimum absolute atomic E-state index is 0.0351. The van der Waals surface area contributed by atoms with Crippen LogP contribution in [-0.2, 0) is 9.84 Å². The van der Waals surface area contributed by atoms with Gasteiger partial charge in [0.15, 0.2) is 9.84 Å². The zero-order chi connectivity index (χ0) is 15.2. The van der Waals surface area contributed by atoms with Crippen molar-refractivity contribution < 1.29 is 13.5 Å². The molecule has 0 saturated carbocycles. The predicted molar refractivity (Wildman–Crippen MR) is 82.3 cm³/mol. The molecule has 0 radical (unpaired) electrons. The molecule has 0 saturated heterocycles. The Morgan fingerprint density at radius 2 is 2.05 bits per heavy atom. The van der Waals surface area contributed by atoms with Crippen LogP contribution in [0.25, 0.3) is 0 Å². The van der Waals surface area contributed by atoms with E-state index >= 15 is 0 Å². The fourth-order valence-corrected chi connectivity index (χ4v) is 4.19. The van der Waals surface area contributed by atoms with Gasteiger partial charge in [-0.3, -0.25) is 0 Å². The summed E-state index contributed by atoms with van der Waals surface area (Å²) >= 11 is 11.8. The molecule has 114 valence electrons. The van der Waals surface area contributed by atoms with E-state index < -0.39 is 9.84 Å². The van der Waals surface area contributed by atoms with Crippen LogP contribution in [0.3, 0.4) is 0 Å². The van der Waals surface area contributed by atoms with E-state index in [4.69, 9.17) is 28.3 Å². The molecule has 20 heavy (non-hydrogen) atoms. The Bertz CT molecular complexity index is 534. The average Bonchev–Trinajstić information content (AvgIpc) is 2.38. The summed E-state index contributed by atoms with van der Waals surface area (Å²) in [6.07, 6.45) is 1.26. The van der Waals surface area contributed by atoms with E-state index in [0.29, 0.717) is 18.0 Å². The Morgan fingerprint density at radius 3 is 2.65 bits per heavy atom. The molecule has 4 nitrogen and oxygen atoms in total. The molecule has 0 bridgehead atoms. The van der Waals surface area contributed by atoms with Crippen LogP contribution in [0.1, 0.15) is 19.8 Å². The van der Waals surface area contributed by atoms with Gasteiger partial charge in [-0.25, -0.2) is 8.42 Å². The first-order chi connectivity index (χ1) is 9.40. The third-order valence-corrected chi connectivity index (χ3v) is 5.34. The number of aliphatic hydroxyl groups is 1. The van der Waals surface area contributed by atoms with Crippen molar-refractivity contribution in [1.29, 1.82) is 0 Å². The summed E-state index contributed by atoms with van der Waals surface area (Å²) in [5.74, 6) is -0.117. The smallest absolute Gasteiger partial charge is 0.181 e. The third kappa shape index (κ3) is 5.22. The van der Waals surface area contributed by atoms with Crippen LogP contribution in [0, 0.1) is 0 Å². The fraction of sp³-hybridized carbons (Fsp3) is 0.538. The Labute approximate surface area is 130 Å². The van der Waals surface area contributed by atoms with Gasteiger partial charge in [0, 0.05) is 17.7 Å². The van der Waals surface area contributed by atoms with Gasteiger partial charge in [-0.05, 0) is 37.6 Å². The molecule has 0 amide bonds. The van der Waals surface area contributed by atoms with Crippen molar-refractivity contribution in [2.24, 2.45) is 0 Å². The maximum atomic E-state index is 12.4. The first-order valence-corrected chi connectivity index (χ1v) is 8.83. The standard InChI is InChI=1S/C13H19Cl2NO3S/c1-2-6-16-11(5-7-17)9-20(18,19)13-8-10(14)3-4-12(13)15/h3-4,8,11,16-17H,2,5-7,9H2,1H3. The molecule has 0 fully saturated rings. The van der Waals surface area contributed by atoms with Crippen LogP contribution < -0.4 is 5.32 Å². The van der Waals surface area contributed by atoms with E-state index in [2.05, 4.69) is 5.32 Å². The monoisotopic (exact) mass is 339 g/mol. The normalized spacial score (nSPS) is 13.4. The molecular weight excluding hydrogens is 321 g/mol. The van der Waals surface area contributed by atoms with E-state index in [1.807, 2.05) is 6.92 Å². The lowest BCUT2D eigenvalue weighted by molar-refractivity contribution is 0.269. The molecule has 0 heterocycles. The van der Waals surface area contributed by atoms with Crippen LogP contribution in [0.2, 0.25) is 10.0 Å². The largest absolute Gasteiger partial charge is 0.396 e. The Hall–Kier alpha value is -0.330. The van der Waals surface area contributed by atoms with Crippen molar-refractivity contribution in [3.05, 3.63) is 28.2 Å². The second-order valence-corrected chi connectivity index (χ2v) is 7.37. The zero-order valence-corrected chi connectivity index (χ0v) is 13.6. The van der Waals surface area contributed by atoms with Crippen molar-refractivity contribution in [2.45, 2.75) is 30.7 Å². The van der Waals surface area contributed by atoms with Gasteiger partial charge in [-0.1, -0.05) is 30.1 Å². The van der Waals surface area contributed by atoms with Gasteiger partial charge in [0.2, 0.25) is 0 Å². The van der Waals surface area contributed by atoms with Crippen molar-refractivity contribution in [1.82, 2.24) is 5.32 Å². The molecule has 1 rings (SSSR count). The van der Waals surface area contributed by atoms with Gasteiger partial charge in [0.25, 0.3) is 0 Å². The summed E-state index contributed by atoms with van der Waals surface area (Å²) in [6, 6.07) is 4.07. The average molecular weight is 340 g/mol. The first-order valence-electron chi connectivity index (χ1n) is 6.42. The molecule has 0 spiro atoms. The molecule has 0 aliphatic rings. The molecule has 1 unspecified atom stereocenters. The van der Waals surface area contributed by atoms with Gasteiger partial charge >= 0.3 is 0 Å².